The van der Waals surface area contributed by atoms with E-state index in [1.165, 1.54) is 6.08 Å². The van der Waals surface area contributed by atoms with Crippen molar-refractivity contribution in [3.05, 3.63) is 84.4 Å². The second-order valence-electron chi connectivity index (χ2n) is 5.58. The van der Waals surface area contributed by atoms with Crippen molar-refractivity contribution in [3.8, 4) is 5.75 Å². The van der Waals surface area contributed by atoms with E-state index in [0.29, 0.717) is 5.75 Å². The molecule has 0 radical (unpaired) electrons. The Kier molecular flexibility index (Phi) is 5.62. The number of nitrogens with one attached hydrogen (secondary N) is 2. The summed E-state index contributed by atoms with van der Waals surface area (Å²) in [5.41, 5.74) is 5.52. The minimum atomic E-state index is -0.445. The molecule has 0 aliphatic heterocycles. The number of carbonyl (C=O) groups is 2. The monoisotopic (exact) mass is 346 g/mol. The third kappa shape index (κ3) is 4.95. The van der Waals surface area contributed by atoms with Crippen molar-refractivity contribution in [2.24, 2.45) is 0 Å². The van der Waals surface area contributed by atoms with E-state index in [-0.39, 0.29) is 6.61 Å². The zero-order valence-corrected chi connectivity index (χ0v) is 14.0. The van der Waals surface area contributed by atoms with Crippen LogP contribution in [-0.2, 0) is 9.59 Å². The van der Waals surface area contributed by atoms with Gasteiger partial charge >= 0.3 is 0 Å². The molecule has 0 fully saturated rings. The van der Waals surface area contributed by atoms with E-state index in [2.05, 4.69) is 10.9 Å². The van der Waals surface area contributed by atoms with Gasteiger partial charge in [-0.05, 0) is 34.5 Å². The van der Waals surface area contributed by atoms with Crippen molar-refractivity contribution in [2.45, 2.75) is 0 Å². The summed E-state index contributed by atoms with van der Waals surface area (Å²) in [6.07, 6.45) is 3.01. The van der Waals surface area contributed by atoms with Crippen molar-refractivity contribution < 1.29 is 14.3 Å². The zero-order chi connectivity index (χ0) is 18.2. The number of hydrogen-bond acceptors (Lipinski definition) is 3. The van der Waals surface area contributed by atoms with Gasteiger partial charge < -0.3 is 4.74 Å². The maximum atomic E-state index is 11.8. The van der Waals surface area contributed by atoms with Crippen LogP contribution in [0.15, 0.2) is 78.9 Å². The smallest absolute Gasteiger partial charge is 0.276 e. The molecule has 0 bridgehead atoms. The Hall–Kier alpha value is -3.60. The van der Waals surface area contributed by atoms with Crippen molar-refractivity contribution in [2.75, 3.05) is 6.61 Å². The normalized spacial score (nSPS) is 10.6. The largest absolute Gasteiger partial charge is 0.484 e. The maximum absolute atomic E-state index is 11.8. The predicted octanol–water partition coefficient (Wildman–Crippen LogP) is 3.08. The molecule has 0 atom stereocenters. The lowest BCUT2D eigenvalue weighted by molar-refractivity contribution is -0.128. The van der Waals surface area contributed by atoms with Gasteiger partial charge in [0.2, 0.25) is 0 Å². The molecular formula is C21H18N2O3. The number of hydrazine groups is 1. The van der Waals surface area contributed by atoms with Gasteiger partial charge in [-0.2, -0.15) is 0 Å². The predicted molar refractivity (Wildman–Crippen MR) is 101 cm³/mol. The Morgan fingerprint density at radius 3 is 2.38 bits per heavy atom. The van der Waals surface area contributed by atoms with Crippen molar-refractivity contribution in [1.82, 2.24) is 10.9 Å². The minimum Gasteiger partial charge on any atom is -0.484 e. The lowest BCUT2D eigenvalue weighted by Crippen LogP contribution is -2.43. The molecular weight excluding hydrogens is 328 g/mol. The Morgan fingerprint density at radius 2 is 1.58 bits per heavy atom. The molecule has 26 heavy (non-hydrogen) atoms. The van der Waals surface area contributed by atoms with Crippen LogP contribution in [0.1, 0.15) is 5.56 Å². The number of rotatable bonds is 5. The highest BCUT2D eigenvalue weighted by Gasteiger charge is 2.04. The number of amides is 2. The molecule has 5 nitrogen and oxygen atoms in total. The summed E-state index contributed by atoms with van der Waals surface area (Å²) in [7, 11) is 0. The van der Waals surface area contributed by atoms with Gasteiger partial charge in [0.05, 0.1) is 0 Å². The second-order valence-corrected chi connectivity index (χ2v) is 5.58. The quantitative estimate of drug-likeness (QED) is 0.551. The molecule has 0 spiro atoms. The lowest BCUT2D eigenvalue weighted by Gasteiger charge is -2.08. The molecule has 3 aromatic rings. The fourth-order valence-corrected chi connectivity index (χ4v) is 2.35. The van der Waals surface area contributed by atoms with E-state index in [9.17, 15) is 9.59 Å². The van der Waals surface area contributed by atoms with E-state index in [1.807, 2.05) is 66.7 Å². The zero-order valence-electron chi connectivity index (χ0n) is 14.0. The second kappa shape index (κ2) is 8.48. The number of hydrogen-bond donors (Lipinski definition) is 2. The van der Waals surface area contributed by atoms with Gasteiger partial charge in [0, 0.05) is 6.08 Å². The molecule has 3 rings (SSSR count). The van der Waals surface area contributed by atoms with Crippen LogP contribution in [-0.4, -0.2) is 18.4 Å². The minimum absolute atomic E-state index is 0.193. The van der Waals surface area contributed by atoms with E-state index in [1.54, 1.807) is 12.1 Å². The number of ether oxygens (including phenoxy) is 1. The first-order chi connectivity index (χ1) is 12.7. The van der Waals surface area contributed by atoms with Crippen LogP contribution in [0.3, 0.4) is 0 Å². The summed E-state index contributed by atoms with van der Waals surface area (Å²) in [6, 6.07) is 22.9. The highest BCUT2D eigenvalue weighted by molar-refractivity contribution is 5.93. The molecule has 0 saturated carbocycles. The Labute approximate surface area is 151 Å². The summed E-state index contributed by atoms with van der Waals surface area (Å²) in [5, 5.41) is 2.13. The molecule has 0 saturated heterocycles. The molecule has 3 aromatic carbocycles. The van der Waals surface area contributed by atoms with Crippen LogP contribution >= 0.6 is 0 Å². The van der Waals surface area contributed by atoms with Crippen LogP contribution < -0.4 is 15.6 Å². The van der Waals surface area contributed by atoms with E-state index in [4.69, 9.17) is 4.74 Å². The summed E-state index contributed by atoms with van der Waals surface area (Å²) in [5.74, 6) is -0.276. The van der Waals surface area contributed by atoms with Crippen molar-refractivity contribution in [1.29, 1.82) is 0 Å². The van der Waals surface area contributed by atoms with Crippen molar-refractivity contribution in [3.63, 3.8) is 0 Å². The number of fused-ring (bicyclic) bond motifs is 1. The molecule has 0 aromatic heterocycles. The number of carbonyl (C=O) groups excluding carboxylic acids is 2. The van der Waals surface area contributed by atoms with Gasteiger partial charge in [-0.3, -0.25) is 20.4 Å². The topological polar surface area (TPSA) is 67.4 Å². The average molecular weight is 346 g/mol. The SMILES string of the molecule is O=C(C=Cc1ccccc1)NNC(=O)COc1ccc2ccccc2c1. The van der Waals surface area contributed by atoms with Crippen LogP contribution in [0, 0.1) is 0 Å². The average Bonchev–Trinajstić information content (AvgIpc) is 2.69. The van der Waals surface area contributed by atoms with Gasteiger partial charge in [0.1, 0.15) is 5.75 Å². The first-order valence-electron chi connectivity index (χ1n) is 8.14. The van der Waals surface area contributed by atoms with Crippen LogP contribution in [0.5, 0.6) is 5.75 Å². The Balaban J connectivity index is 1.44. The summed E-state index contributed by atoms with van der Waals surface area (Å²) >= 11 is 0. The lowest BCUT2D eigenvalue weighted by atomic mass is 10.1. The van der Waals surface area contributed by atoms with E-state index in [0.717, 1.165) is 16.3 Å². The highest BCUT2D eigenvalue weighted by atomic mass is 16.5. The standard InChI is InChI=1S/C21H18N2O3/c24-20(13-10-16-6-2-1-3-7-16)22-23-21(25)15-26-19-12-11-17-8-4-5-9-18(17)14-19/h1-14H,15H2,(H,22,24)(H,23,25). The summed E-state index contributed by atoms with van der Waals surface area (Å²) in [4.78, 5) is 23.5. The van der Waals surface area contributed by atoms with E-state index >= 15 is 0 Å². The molecule has 130 valence electrons. The van der Waals surface area contributed by atoms with Gasteiger partial charge in [-0.15, -0.1) is 0 Å². The Morgan fingerprint density at radius 1 is 0.846 bits per heavy atom. The van der Waals surface area contributed by atoms with Gasteiger partial charge in [-0.1, -0.05) is 60.7 Å². The van der Waals surface area contributed by atoms with Gasteiger partial charge in [0.25, 0.3) is 11.8 Å². The maximum Gasteiger partial charge on any atom is 0.276 e. The fourth-order valence-electron chi connectivity index (χ4n) is 2.35. The van der Waals surface area contributed by atoms with E-state index < -0.39 is 11.8 Å². The van der Waals surface area contributed by atoms with Crippen LogP contribution in [0.2, 0.25) is 0 Å². The molecule has 0 unspecified atom stereocenters. The molecule has 5 heteroatoms. The van der Waals surface area contributed by atoms with Crippen LogP contribution in [0.4, 0.5) is 0 Å². The molecule has 2 amide bonds. The molecule has 0 heterocycles. The fraction of sp³-hybridized carbons (Fsp3) is 0.0476. The first kappa shape index (κ1) is 17.2. The Bertz CT molecular complexity index is 936. The summed E-state index contributed by atoms with van der Waals surface area (Å²) < 4.78 is 5.46. The molecule has 2 N–H and O–H groups in total. The first-order valence-corrected chi connectivity index (χ1v) is 8.14. The van der Waals surface area contributed by atoms with Gasteiger partial charge in [-0.25, -0.2) is 0 Å². The van der Waals surface area contributed by atoms with Crippen LogP contribution in [0.25, 0.3) is 16.8 Å². The molecule has 0 aliphatic rings. The number of benzene rings is 3. The highest BCUT2D eigenvalue weighted by Crippen LogP contribution is 2.20. The third-order valence-electron chi connectivity index (χ3n) is 3.64. The van der Waals surface area contributed by atoms with Gasteiger partial charge in [0.15, 0.2) is 6.61 Å². The summed E-state index contributed by atoms with van der Waals surface area (Å²) in [6.45, 7) is -0.193. The third-order valence-corrected chi connectivity index (χ3v) is 3.64. The molecule has 0 aliphatic carbocycles. The van der Waals surface area contributed by atoms with Crippen molar-refractivity contribution >= 4 is 28.7 Å².